The Kier molecular flexibility index (Phi) is 4.52. The molecule has 0 radical (unpaired) electrons. The smallest absolute Gasteiger partial charge is 0.266 e. The molecular formula is C9H15IN4O. The molecular weight excluding hydrogens is 307 g/mol. The van der Waals surface area contributed by atoms with Crippen LogP contribution in [0.15, 0.2) is 11.1 Å². The molecule has 3 N–H and O–H groups in total. The Labute approximate surface area is 102 Å². The number of anilines is 1. The average Bonchev–Trinajstić information content (AvgIpc) is 2.21. The summed E-state index contributed by atoms with van der Waals surface area (Å²) in [7, 11) is 1.91. The maximum Gasteiger partial charge on any atom is 0.266 e. The zero-order valence-electron chi connectivity index (χ0n) is 8.83. The van der Waals surface area contributed by atoms with E-state index >= 15 is 0 Å². The zero-order valence-corrected chi connectivity index (χ0v) is 11.0. The van der Waals surface area contributed by atoms with Gasteiger partial charge in [-0.2, -0.15) is 0 Å². The molecule has 0 bridgehead atoms. The van der Waals surface area contributed by atoms with Crippen LogP contribution in [-0.2, 0) is 0 Å². The van der Waals surface area contributed by atoms with Gasteiger partial charge in [0.05, 0.1) is 6.33 Å². The number of halogens is 1. The lowest BCUT2D eigenvalue weighted by molar-refractivity contribution is 0.586. The summed E-state index contributed by atoms with van der Waals surface area (Å²) < 4.78 is 0.613. The predicted octanol–water partition coefficient (Wildman–Crippen LogP) is 0.405. The van der Waals surface area contributed by atoms with Gasteiger partial charge in [0.1, 0.15) is 9.39 Å². The summed E-state index contributed by atoms with van der Waals surface area (Å²) in [6.07, 6.45) is 1.42. The Morgan fingerprint density at radius 2 is 2.40 bits per heavy atom. The summed E-state index contributed by atoms with van der Waals surface area (Å²) in [5.41, 5.74) is 5.45. The summed E-state index contributed by atoms with van der Waals surface area (Å²) in [6, 6.07) is 0. The van der Waals surface area contributed by atoms with E-state index in [0.717, 1.165) is 6.54 Å². The number of aromatic amines is 1. The van der Waals surface area contributed by atoms with Crippen LogP contribution in [-0.4, -0.2) is 30.1 Å². The molecule has 84 valence electrons. The fourth-order valence-corrected chi connectivity index (χ4v) is 1.98. The first kappa shape index (κ1) is 12.4. The maximum absolute atomic E-state index is 11.3. The quantitative estimate of drug-likeness (QED) is 0.787. The first-order valence-electron chi connectivity index (χ1n) is 4.70. The molecule has 0 aromatic carbocycles. The average molecular weight is 322 g/mol. The van der Waals surface area contributed by atoms with Gasteiger partial charge in [-0.3, -0.25) is 4.79 Å². The van der Waals surface area contributed by atoms with Crippen molar-refractivity contribution in [3.8, 4) is 0 Å². The number of H-pyrrole nitrogens is 1. The third-order valence-corrected chi connectivity index (χ3v) is 3.10. The molecule has 1 aromatic rings. The van der Waals surface area contributed by atoms with Gasteiger partial charge >= 0.3 is 0 Å². The second-order valence-corrected chi connectivity index (χ2v) is 4.67. The number of nitrogens with two attached hydrogens (primary N) is 1. The van der Waals surface area contributed by atoms with Gasteiger partial charge in [-0.25, -0.2) is 4.98 Å². The van der Waals surface area contributed by atoms with E-state index in [-0.39, 0.29) is 5.56 Å². The van der Waals surface area contributed by atoms with Crippen LogP contribution in [0.25, 0.3) is 0 Å². The monoisotopic (exact) mass is 322 g/mol. The molecule has 5 nitrogen and oxygen atoms in total. The van der Waals surface area contributed by atoms with Crippen molar-refractivity contribution in [1.29, 1.82) is 0 Å². The van der Waals surface area contributed by atoms with Gasteiger partial charge in [-0.1, -0.05) is 6.92 Å². The van der Waals surface area contributed by atoms with Crippen LogP contribution in [0.2, 0.25) is 0 Å². The molecule has 6 heteroatoms. The Bertz CT molecular complexity index is 379. The molecule has 1 heterocycles. The summed E-state index contributed by atoms with van der Waals surface area (Å²) in [6.45, 7) is 3.49. The fourth-order valence-electron chi connectivity index (χ4n) is 1.27. The maximum atomic E-state index is 11.3. The van der Waals surface area contributed by atoms with Crippen LogP contribution in [0.1, 0.15) is 6.92 Å². The Morgan fingerprint density at radius 1 is 1.73 bits per heavy atom. The summed E-state index contributed by atoms with van der Waals surface area (Å²) in [5, 5.41) is 0. The molecule has 1 aromatic heterocycles. The third kappa shape index (κ3) is 3.16. The minimum absolute atomic E-state index is 0.104. The van der Waals surface area contributed by atoms with Crippen LogP contribution in [0.4, 0.5) is 5.82 Å². The van der Waals surface area contributed by atoms with E-state index in [1.807, 2.05) is 34.5 Å². The molecule has 0 fully saturated rings. The molecule has 0 aliphatic carbocycles. The molecule has 0 amide bonds. The second kappa shape index (κ2) is 5.45. The zero-order chi connectivity index (χ0) is 11.4. The van der Waals surface area contributed by atoms with Crippen molar-refractivity contribution >= 4 is 28.4 Å². The predicted molar refractivity (Wildman–Crippen MR) is 69.1 cm³/mol. The molecule has 1 atom stereocenters. The van der Waals surface area contributed by atoms with Gasteiger partial charge in [0.25, 0.3) is 5.56 Å². The Morgan fingerprint density at radius 3 is 3.00 bits per heavy atom. The van der Waals surface area contributed by atoms with Crippen LogP contribution in [0, 0.1) is 9.49 Å². The van der Waals surface area contributed by atoms with Crippen LogP contribution in [0.3, 0.4) is 0 Å². The topological polar surface area (TPSA) is 75.0 Å². The van der Waals surface area contributed by atoms with E-state index in [4.69, 9.17) is 5.73 Å². The van der Waals surface area contributed by atoms with Crippen molar-refractivity contribution in [3.05, 3.63) is 20.3 Å². The summed E-state index contributed by atoms with van der Waals surface area (Å²) in [4.78, 5) is 20.0. The number of rotatable bonds is 4. The molecule has 0 aliphatic heterocycles. The van der Waals surface area contributed by atoms with E-state index < -0.39 is 0 Å². The molecule has 0 aliphatic rings. The van der Waals surface area contributed by atoms with Gasteiger partial charge in [0, 0.05) is 13.6 Å². The van der Waals surface area contributed by atoms with Crippen molar-refractivity contribution in [3.63, 3.8) is 0 Å². The van der Waals surface area contributed by atoms with Crippen LogP contribution >= 0.6 is 22.6 Å². The normalized spacial score (nSPS) is 12.5. The largest absolute Gasteiger partial charge is 0.358 e. The first-order valence-corrected chi connectivity index (χ1v) is 5.78. The number of nitrogens with zero attached hydrogens (tertiary/aromatic N) is 2. The molecule has 0 saturated carbocycles. The van der Waals surface area contributed by atoms with E-state index in [2.05, 4.69) is 16.9 Å². The van der Waals surface area contributed by atoms with E-state index in [0.29, 0.717) is 21.9 Å². The molecule has 1 rings (SSSR count). The number of hydrogen-bond donors (Lipinski definition) is 2. The molecule has 0 spiro atoms. The van der Waals surface area contributed by atoms with E-state index in [9.17, 15) is 4.79 Å². The van der Waals surface area contributed by atoms with Crippen molar-refractivity contribution < 1.29 is 0 Å². The van der Waals surface area contributed by atoms with E-state index in [1.54, 1.807) is 0 Å². The minimum Gasteiger partial charge on any atom is -0.358 e. The highest BCUT2D eigenvalue weighted by Crippen LogP contribution is 2.14. The molecule has 1 unspecified atom stereocenters. The summed E-state index contributed by atoms with van der Waals surface area (Å²) in [5.74, 6) is 1.09. The Hall–Kier alpha value is -0.630. The third-order valence-electron chi connectivity index (χ3n) is 2.13. The van der Waals surface area contributed by atoms with Gasteiger partial charge in [-0.05, 0) is 35.1 Å². The highest BCUT2D eigenvalue weighted by molar-refractivity contribution is 14.1. The lowest BCUT2D eigenvalue weighted by atomic mass is 10.2. The molecule has 0 saturated heterocycles. The van der Waals surface area contributed by atoms with Gasteiger partial charge in [0.2, 0.25) is 0 Å². The number of nitrogens with one attached hydrogen (secondary N) is 1. The minimum atomic E-state index is -0.104. The van der Waals surface area contributed by atoms with Crippen LogP contribution < -0.4 is 16.2 Å². The highest BCUT2D eigenvalue weighted by atomic mass is 127. The van der Waals surface area contributed by atoms with E-state index in [1.165, 1.54) is 6.33 Å². The SMILES string of the molecule is CC(CN)CN(C)c1nc[nH]c(=O)c1I. The van der Waals surface area contributed by atoms with Crippen molar-refractivity contribution in [2.24, 2.45) is 11.7 Å². The van der Waals surface area contributed by atoms with Gasteiger partial charge in [0.15, 0.2) is 0 Å². The second-order valence-electron chi connectivity index (χ2n) is 3.59. The number of aromatic nitrogens is 2. The lowest BCUT2D eigenvalue weighted by Crippen LogP contribution is -2.31. The van der Waals surface area contributed by atoms with Crippen molar-refractivity contribution in [1.82, 2.24) is 9.97 Å². The van der Waals surface area contributed by atoms with Gasteiger partial charge < -0.3 is 15.6 Å². The molecule has 15 heavy (non-hydrogen) atoms. The van der Waals surface area contributed by atoms with Gasteiger partial charge in [-0.15, -0.1) is 0 Å². The summed E-state index contributed by atoms with van der Waals surface area (Å²) >= 11 is 2.00. The lowest BCUT2D eigenvalue weighted by Gasteiger charge is -2.21. The fraction of sp³-hybridized carbons (Fsp3) is 0.556. The standard InChI is InChI=1S/C9H15IN4O/c1-6(3-11)4-14(2)8-7(10)9(15)13-5-12-8/h5-6H,3-4,11H2,1-2H3,(H,12,13,15). The van der Waals surface area contributed by atoms with Crippen molar-refractivity contribution in [2.75, 3.05) is 25.0 Å². The Balaban J connectivity index is 2.87. The highest BCUT2D eigenvalue weighted by Gasteiger charge is 2.12. The van der Waals surface area contributed by atoms with Crippen LogP contribution in [0.5, 0.6) is 0 Å². The van der Waals surface area contributed by atoms with Crippen molar-refractivity contribution in [2.45, 2.75) is 6.92 Å². The first-order chi connectivity index (χ1) is 7.06. The number of hydrogen-bond acceptors (Lipinski definition) is 4.